The molecule has 1 aliphatic rings. The Bertz CT molecular complexity index is 106. The van der Waals surface area contributed by atoms with Gasteiger partial charge in [-0.15, -0.1) is 12.4 Å². The van der Waals surface area contributed by atoms with Crippen molar-refractivity contribution in [3.05, 3.63) is 0 Å². The highest BCUT2D eigenvalue weighted by Crippen LogP contribution is 2.13. The molecule has 0 aliphatic carbocycles. The van der Waals surface area contributed by atoms with Crippen LogP contribution in [0.3, 0.4) is 0 Å². The molecule has 1 N–H and O–H groups in total. The van der Waals surface area contributed by atoms with Gasteiger partial charge in [-0.2, -0.15) is 0 Å². The maximum absolute atomic E-state index is 5.61. The van der Waals surface area contributed by atoms with E-state index in [1.807, 2.05) is 0 Å². The van der Waals surface area contributed by atoms with Crippen LogP contribution >= 0.6 is 12.4 Å². The molecule has 0 amide bonds. The van der Waals surface area contributed by atoms with Crippen LogP contribution in [0.1, 0.15) is 20.8 Å². The third kappa shape index (κ3) is 2.86. The van der Waals surface area contributed by atoms with Gasteiger partial charge in [0.2, 0.25) is 0 Å². The normalized spacial score (nSPS) is 30.9. The summed E-state index contributed by atoms with van der Waals surface area (Å²) in [5, 5.41) is 3.30. The van der Waals surface area contributed by atoms with Gasteiger partial charge in [-0.3, -0.25) is 0 Å². The van der Waals surface area contributed by atoms with E-state index in [2.05, 4.69) is 26.1 Å². The maximum atomic E-state index is 5.61. The predicted octanol–water partition coefficient (Wildman–Crippen LogP) is 1.20. The fourth-order valence-electron chi connectivity index (χ4n) is 1.20. The number of hydrogen-bond acceptors (Lipinski definition) is 2. The van der Waals surface area contributed by atoms with Crippen molar-refractivity contribution in [3.8, 4) is 0 Å². The Morgan fingerprint density at radius 1 is 1.50 bits per heavy atom. The Labute approximate surface area is 68.7 Å². The molecule has 1 atom stereocenters. The van der Waals surface area contributed by atoms with Gasteiger partial charge >= 0.3 is 0 Å². The van der Waals surface area contributed by atoms with Gasteiger partial charge in [-0.1, -0.05) is 0 Å². The largest absolute Gasteiger partial charge is 0.370 e. The SMILES string of the molecule is CC1CNCC(C)(C)O1.Cl. The molecule has 0 radical (unpaired) electrons. The van der Waals surface area contributed by atoms with Crippen molar-refractivity contribution in [2.75, 3.05) is 13.1 Å². The molecular formula is C7H16ClNO. The van der Waals surface area contributed by atoms with Crippen LogP contribution < -0.4 is 5.32 Å². The van der Waals surface area contributed by atoms with Crippen LogP contribution in [0.4, 0.5) is 0 Å². The average molecular weight is 166 g/mol. The standard InChI is InChI=1S/C7H15NO.ClH/c1-6-4-8-5-7(2,3)9-6;/h6,8H,4-5H2,1-3H3;1H. The van der Waals surface area contributed by atoms with Gasteiger partial charge < -0.3 is 10.1 Å². The second-order valence-electron chi connectivity index (χ2n) is 3.32. The van der Waals surface area contributed by atoms with Crippen molar-refractivity contribution < 1.29 is 4.74 Å². The molecule has 1 saturated heterocycles. The molecular weight excluding hydrogens is 150 g/mol. The van der Waals surface area contributed by atoms with Gasteiger partial charge in [0, 0.05) is 13.1 Å². The van der Waals surface area contributed by atoms with Crippen molar-refractivity contribution in [3.63, 3.8) is 0 Å². The summed E-state index contributed by atoms with van der Waals surface area (Å²) >= 11 is 0. The van der Waals surface area contributed by atoms with Crippen molar-refractivity contribution in [1.29, 1.82) is 0 Å². The maximum Gasteiger partial charge on any atom is 0.0754 e. The first-order chi connectivity index (χ1) is 4.10. The second-order valence-corrected chi connectivity index (χ2v) is 3.32. The van der Waals surface area contributed by atoms with Crippen molar-refractivity contribution >= 4 is 12.4 Å². The highest BCUT2D eigenvalue weighted by molar-refractivity contribution is 5.85. The zero-order valence-electron chi connectivity index (χ0n) is 6.81. The van der Waals surface area contributed by atoms with Crippen molar-refractivity contribution in [2.45, 2.75) is 32.5 Å². The Balaban J connectivity index is 0.000000810. The van der Waals surface area contributed by atoms with Gasteiger partial charge in [-0.05, 0) is 20.8 Å². The second kappa shape index (κ2) is 3.56. The summed E-state index contributed by atoms with van der Waals surface area (Å²) < 4.78 is 5.61. The summed E-state index contributed by atoms with van der Waals surface area (Å²) in [6, 6.07) is 0. The quantitative estimate of drug-likeness (QED) is 0.583. The lowest BCUT2D eigenvalue weighted by molar-refractivity contribution is -0.0853. The molecule has 10 heavy (non-hydrogen) atoms. The Morgan fingerprint density at radius 3 is 2.40 bits per heavy atom. The number of halogens is 1. The first kappa shape index (κ1) is 10.2. The molecule has 0 aromatic carbocycles. The molecule has 3 heteroatoms. The van der Waals surface area contributed by atoms with Crippen LogP contribution in [-0.2, 0) is 4.74 Å². The van der Waals surface area contributed by atoms with E-state index in [9.17, 15) is 0 Å². The van der Waals surface area contributed by atoms with Crippen LogP contribution in [0.5, 0.6) is 0 Å². The Kier molecular flexibility index (Phi) is 3.63. The van der Waals surface area contributed by atoms with Crippen LogP contribution in [-0.4, -0.2) is 24.8 Å². The molecule has 0 aromatic rings. The van der Waals surface area contributed by atoms with E-state index in [-0.39, 0.29) is 18.0 Å². The van der Waals surface area contributed by atoms with Gasteiger partial charge in [-0.25, -0.2) is 0 Å². The first-order valence-corrected chi connectivity index (χ1v) is 3.49. The third-order valence-electron chi connectivity index (χ3n) is 1.50. The highest BCUT2D eigenvalue weighted by Gasteiger charge is 2.25. The molecule has 1 heterocycles. The number of nitrogens with one attached hydrogen (secondary N) is 1. The molecule has 1 fully saturated rings. The van der Waals surface area contributed by atoms with E-state index in [0.29, 0.717) is 6.10 Å². The van der Waals surface area contributed by atoms with E-state index in [0.717, 1.165) is 13.1 Å². The zero-order chi connectivity index (χ0) is 6.91. The van der Waals surface area contributed by atoms with Crippen molar-refractivity contribution in [2.24, 2.45) is 0 Å². The lowest BCUT2D eigenvalue weighted by atomic mass is 10.1. The minimum absolute atomic E-state index is 0. The monoisotopic (exact) mass is 165 g/mol. The lowest BCUT2D eigenvalue weighted by Crippen LogP contribution is -2.49. The number of hydrogen-bond donors (Lipinski definition) is 1. The first-order valence-electron chi connectivity index (χ1n) is 3.49. The lowest BCUT2D eigenvalue weighted by Gasteiger charge is -2.34. The summed E-state index contributed by atoms with van der Waals surface area (Å²) in [5.41, 5.74) is 0.0394. The highest BCUT2D eigenvalue weighted by atomic mass is 35.5. The molecule has 1 rings (SSSR count). The van der Waals surface area contributed by atoms with E-state index in [1.165, 1.54) is 0 Å². The average Bonchev–Trinajstić information content (AvgIpc) is 1.60. The van der Waals surface area contributed by atoms with E-state index < -0.39 is 0 Å². The Morgan fingerprint density at radius 2 is 2.10 bits per heavy atom. The molecule has 62 valence electrons. The van der Waals surface area contributed by atoms with Gasteiger partial charge in [0.15, 0.2) is 0 Å². The smallest absolute Gasteiger partial charge is 0.0754 e. The minimum atomic E-state index is 0. The number of ether oxygens (including phenoxy) is 1. The van der Waals surface area contributed by atoms with Crippen LogP contribution in [0.25, 0.3) is 0 Å². The number of rotatable bonds is 0. The minimum Gasteiger partial charge on any atom is -0.370 e. The molecule has 0 saturated carbocycles. The van der Waals surface area contributed by atoms with E-state index in [4.69, 9.17) is 4.74 Å². The molecule has 0 bridgehead atoms. The summed E-state index contributed by atoms with van der Waals surface area (Å²) in [6.45, 7) is 8.26. The summed E-state index contributed by atoms with van der Waals surface area (Å²) in [6.07, 6.45) is 0.369. The third-order valence-corrected chi connectivity index (χ3v) is 1.50. The fraction of sp³-hybridized carbons (Fsp3) is 1.00. The van der Waals surface area contributed by atoms with E-state index in [1.54, 1.807) is 0 Å². The van der Waals surface area contributed by atoms with Crippen LogP contribution in [0, 0.1) is 0 Å². The predicted molar refractivity (Wildman–Crippen MR) is 44.7 cm³/mol. The summed E-state index contributed by atoms with van der Waals surface area (Å²) in [5.74, 6) is 0. The molecule has 2 nitrogen and oxygen atoms in total. The van der Waals surface area contributed by atoms with Gasteiger partial charge in [0.05, 0.1) is 11.7 Å². The topological polar surface area (TPSA) is 21.3 Å². The van der Waals surface area contributed by atoms with Gasteiger partial charge in [0.25, 0.3) is 0 Å². The zero-order valence-corrected chi connectivity index (χ0v) is 7.62. The van der Waals surface area contributed by atoms with E-state index >= 15 is 0 Å². The molecule has 1 aliphatic heterocycles. The van der Waals surface area contributed by atoms with Crippen LogP contribution in [0.2, 0.25) is 0 Å². The molecule has 0 aromatic heterocycles. The van der Waals surface area contributed by atoms with Gasteiger partial charge in [0.1, 0.15) is 0 Å². The number of morpholine rings is 1. The molecule has 1 unspecified atom stereocenters. The molecule has 0 spiro atoms. The summed E-state index contributed by atoms with van der Waals surface area (Å²) in [4.78, 5) is 0. The summed E-state index contributed by atoms with van der Waals surface area (Å²) in [7, 11) is 0. The Hall–Kier alpha value is 0.210. The fourth-order valence-corrected chi connectivity index (χ4v) is 1.20. The van der Waals surface area contributed by atoms with Crippen LogP contribution in [0.15, 0.2) is 0 Å². The van der Waals surface area contributed by atoms with Crippen molar-refractivity contribution in [1.82, 2.24) is 5.32 Å².